The molecule has 12 heavy (non-hydrogen) atoms. The van der Waals surface area contributed by atoms with Crippen molar-refractivity contribution in [2.75, 3.05) is 0 Å². The lowest BCUT2D eigenvalue weighted by Gasteiger charge is -2.07. The van der Waals surface area contributed by atoms with Gasteiger partial charge in [-0.3, -0.25) is 0 Å². The molecule has 0 fully saturated rings. The number of nitrogens with two attached hydrogens (primary N) is 1. The Balaban J connectivity index is 5.00. The third-order valence-electron chi connectivity index (χ3n) is 0.650. The first-order valence-electron chi connectivity index (χ1n) is 2.13. The van der Waals surface area contributed by atoms with Crippen molar-refractivity contribution in [2.24, 2.45) is 5.90 Å². The summed E-state index contributed by atoms with van der Waals surface area (Å²) in [6, 6.07) is 0. The molecule has 0 aromatic carbocycles. The van der Waals surface area contributed by atoms with E-state index in [0.717, 1.165) is 0 Å². The van der Waals surface area contributed by atoms with Crippen molar-refractivity contribution in [1.82, 2.24) is 4.47 Å². The number of amides is 1. The number of hydrogen-bond donors (Lipinski definition) is 2. The van der Waals surface area contributed by atoms with Gasteiger partial charge in [0.1, 0.15) is 0 Å². The van der Waals surface area contributed by atoms with Gasteiger partial charge in [-0.15, -0.1) is 0 Å². The minimum Gasteiger partial charge on any atom is -0.579 e. The highest BCUT2D eigenvalue weighted by atomic mass is 32.8. The van der Waals surface area contributed by atoms with Crippen LogP contribution in [0.5, 0.6) is 0 Å². The van der Waals surface area contributed by atoms with E-state index in [2.05, 4.69) is 10.8 Å². The Labute approximate surface area is 66.9 Å². The first-order valence-corrected chi connectivity index (χ1v) is 5.36. The smallest absolute Gasteiger partial charge is 0.469 e. The molecular weight excluding hydrogens is 215 g/mol. The van der Waals surface area contributed by atoms with Gasteiger partial charge in [-0.05, 0) is 4.47 Å². The highest BCUT2D eigenvalue weighted by Gasteiger charge is 2.40. The Morgan fingerprint density at radius 2 is 2.08 bits per heavy atom. The zero-order valence-corrected chi connectivity index (χ0v) is 6.99. The second kappa shape index (κ2) is 3.74. The molecule has 9 nitrogen and oxygen atoms in total. The Hall–Kier alpha value is -0.800. The number of nitrogens with zero attached hydrogens (tertiary/aromatic N) is 1. The molecule has 0 saturated heterocycles. The molecule has 0 rings (SSSR count). The average molecular weight is 218 g/mol. The Bertz CT molecular complexity index is 295. The van der Waals surface area contributed by atoms with E-state index in [4.69, 9.17) is 5.11 Å². The summed E-state index contributed by atoms with van der Waals surface area (Å²) >= 11 is 0. The maximum absolute atomic E-state index is 10.4. The lowest BCUT2D eigenvalue weighted by Crippen LogP contribution is -2.37. The van der Waals surface area contributed by atoms with Crippen molar-refractivity contribution >= 4 is 23.0 Å². The van der Waals surface area contributed by atoms with Gasteiger partial charge in [0.25, 0.3) is 0 Å². The largest absolute Gasteiger partial charge is 0.579 e. The van der Waals surface area contributed by atoms with Crippen LogP contribution >= 0.6 is 7.23 Å². The molecule has 0 saturated carbocycles. The molecule has 0 spiro atoms. The van der Waals surface area contributed by atoms with Gasteiger partial charge in [-0.25, -0.2) is 4.79 Å². The SMILES string of the molecule is NON(C(=O)O)S(=O)(=O)[P+](=O)[O-]. The molecule has 0 aliphatic rings. The topological polar surface area (TPSA) is 150 Å². The van der Waals surface area contributed by atoms with Gasteiger partial charge in [-0.1, -0.05) is 4.57 Å². The molecular formula is CH3N2O7PS. The molecule has 0 aliphatic heterocycles. The molecule has 1 atom stereocenters. The third kappa shape index (κ3) is 2.09. The monoisotopic (exact) mass is 218 g/mol. The second-order valence-corrected chi connectivity index (χ2v) is 5.27. The number of carboxylic acid groups (broad SMARTS) is 1. The van der Waals surface area contributed by atoms with Gasteiger partial charge in [0.05, 0.1) is 0 Å². The van der Waals surface area contributed by atoms with Crippen molar-refractivity contribution in [2.45, 2.75) is 0 Å². The fraction of sp³-hybridized carbons (Fsp3) is 0. The van der Waals surface area contributed by atoms with Crippen LogP contribution in [0.4, 0.5) is 4.79 Å². The third-order valence-corrected chi connectivity index (χ3v) is 3.26. The maximum atomic E-state index is 10.4. The van der Waals surface area contributed by atoms with E-state index >= 15 is 0 Å². The summed E-state index contributed by atoms with van der Waals surface area (Å²) in [4.78, 5) is 23.2. The fourth-order valence-corrected chi connectivity index (χ4v) is 1.37. The van der Waals surface area contributed by atoms with Crippen LogP contribution in [0.2, 0.25) is 0 Å². The van der Waals surface area contributed by atoms with Gasteiger partial charge in [0, 0.05) is 0 Å². The van der Waals surface area contributed by atoms with Gasteiger partial charge < -0.3 is 10.00 Å². The summed E-state index contributed by atoms with van der Waals surface area (Å²) in [5.41, 5.74) is 0. The molecule has 0 bridgehead atoms. The molecule has 0 aromatic rings. The average Bonchev–Trinajstić information content (AvgIpc) is 1.86. The first kappa shape index (κ1) is 11.2. The zero-order chi connectivity index (χ0) is 9.94. The molecule has 1 amide bonds. The molecule has 0 aliphatic carbocycles. The summed E-state index contributed by atoms with van der Waals surface area (Å²) in [6.45, 7) is 0. The number of hydrogen-bond acceptors (Lipinski definition) is 7. The number of rotatable bonds is 3. The Kier molecular flexibility index (Phi) is 3.49. The second-order valence-electron chi connectivity index (χ2n) is 1.32. The summed E-state index contributed by atoms with van der Waals surface area (Å²) in [5, 5.41) is 8.03. The summed E-state index contributed by atoms with van der Waals surface area (Å²) < 4.78 is 30.0. The normalized spacial score (nSPS) is 12.3. The minimum atomic E-state index is -5.05. The van der Waals surface area contributed by atoms with Gasteiger partial charge >= 0.3 is 23.0 Å². The van der Waals surface area contributed by atoms with E-state index in [9.17, 15) is 22.7 Å². The van der Waals surface area contributed by atoms with E-state index < -0.39 is 27.4 Å². The van der Waals surface area contributed by atoms with Crippen LogP contribution in [0, 0.1) is 0 Å². The lowest BCUT2D eigenvalue weighted by molar-refractivity contribution is -0.160. The molecule has 0 aromatic heterocycles. The van der Waals surface area contributed by atoms with Crippen molar-refractivity contribution in [3.8, 4) is 0 Å². The Morgan fingerprint density at radius 3 is 2.17 bits per heavy atom. The molecule has 70 valence electrons. The Morgan fingerprint density at radius 1 is 1.67 bits per heavy atom. The molecule has 11 heteroatoms. The van der Waals surface area contributed by atoms with E-state index in [1.54, 1.807) is 0 Å². The number of hydroxylamine groups is 1. The standard InChI is InChI=1S/CH3N2O7PS/c2-10-3(1(4)5)12(8,9)11(6)7/h2H2,(H,4,5). The van der Waals surface area contributed by atoms with E-state index in [-0.39, 0.29) is 0 Å². The predicted octanol–water partition coefficient (Wildman–Crippen LogP) is -1.88. The van der Waals surface area contributed by atoms with Crippen LogP contribution < -0.4 is 10.8 Å². The van der Waals surface area contributed by atoms with Crippen LogP contribution in [0.15, 0.2) is 0 Å². The van der Waals surface area contributed by atoms with Gasteiger partial charge in [-0.2, -0.15) is 19.3 Å². The van der Waals surface area contributed by atoms with Crippen LogP contribution in [0.25, 0.3) is 0 Å². The van der Waals surface area contributed by atoms with E-state index in [1.165, 1.54) is 0 Å². The maximum Gasteiger partial charge on any atom is 0.469 e. The lowest BCUT2D eigenvalue weighted by atomic mass is 11.3. The molecule has 3 N–H and O–H groups in total. The molecule has 0 heterocycles. The quantitative estimate of drug-likeness (QED) is 0.412. The summed E-state index contributed by atoms with van der Waals surface area (Å²) in [5.74, 6) is 4.20. The van der Waals surface area contributed by atoms with Gasteiger partial charge in [0.15, 0.2) is 0 Å². The van der Waals surface area contributed by atoms with Crippen LogP contribution in [0.3, 0.4) is 0 Å². The van der Waals surface area contributed by atoms with Crippen molar-refractivity contribution in [1.29, 1.82) is 0 Å². The van der Waals surface area contributed by atoms with E-state index in [1.807, 2.05) is 0 Å². The highest BCUT2D eigenvalue weighted by Crippen LogP contribution is 2.23. The zero-order valence-electron chi connectivity index (χ0n) is 5.28. The van der Waals surface area contributed by atoms with Crippen LogP contribution in [0.1, 0.15) is 0 Å². The van der Waals surface area contributed by atoms with Crippen LogP contribution in [-0.2, 0) is 19.1 Å². The van der Waals surface area contributed by atoms with Crippen LogP contribution in [-0.4, -0.2) is 24.1 Å². The summed E-state index contributed by atoms with van der Waals surface area (Å²) in [7, 11) is -9.06. The predicted molar refractivity (Wildman–Crippen MR) is 31.7 cm³/mol. The number of carbonyl (C=O) groups is 1. The fourth-order valence-electron chi connectivity index (χ4n) is 0.259. The highest BCUT2D eigenvalue weighted by molar-refractivity contribution is 8.42. The van der Waals surface area contributed by atoms with Crippen molar-refractivity contribution < 1.29 is 32.7 Å². The van der Waals surface area contributed by atoms with Gasteiger partial charge in [0.2, 0.25) is 0 Å². The molecule has 1 unspecified atom stereocenters. The van der Waals surface area contributed by atoms with E-state index in [0.29, 0.717) is 0 Å². The minimum absolute atomic E-state index is 0.876. The molecule has 0 radical (unpaired) electrons. The first-order chi connectivity index (χ1) is 5.34. The van der Waals surface area contributed by atoms with Crippen molar-refractivity contribution in [3.63, 3.8) is 0 Å². The summed E-state index contributed by atoms with van der Waals surface area (Å²) in [6.07, 6.45) is -2.16. The van der Waals surface area contributed by atoms with Crippen molar-refractivity contribution in [3.05, 3.63) is 0 Å².